The maximum absolute atomic E-state index is 13.9. The van der Waals surface area contributed by atoms with E-state index in [-0.39, 0.29) is 42.2 Å². The molecule has 1 aromatic rings. The Bertz CT molecular complexity index is 713. The molecule has 3 heteroatoms. The third-order valence-corrected chi connectivity index (χ3v) is 4.93. The number of halogens is 1. The topological polar surface area (TPSA) is 34.1 Å². The van der Waals surface area contributed by atoms with Gasteiger partial charge in [-0.3, -0.25) is 9.59 Å². The first-order valence-corrected chi connectivity index (χ1v) is 8.86. The number of rotatable bonds is 5. The lowest BCUT2D eigenvalue weighted by atomic mass is 9.89. The van der Waals surface area contributed by atoms with Crippen LogP contribution in [0.2, 0.25) is 0 Å². The molecule has 0 atom stereocenters. The number of allylic oxidation sites excluding steroid dienone is 4. The van der Waals surface area contributed by atoms with Crippen molar-refractivity contribution < 1.29 is 14.0 Å². The second-order valence-corrected chi connectivity index (χ2v) is 6.63. The third kappa shape index (κ3) is 3.89. The van der Waals surface area contributed by atoms with Crippen LogP contribution in [-0.2, 0) is 17.6 Å². The first kappa shape index (κ1) is 16.8. The lowest BCUT2D eigenvalue weighted by Gasteiger charge is -2.16. The number of fused-ring (bicyclic) bond motifs is 1. The fraction of sp³-hybridized carbons (Fsp3) is 0.429. The van der Waals surface area contributed by atoms with E-state index in [1.165, 1.54) is 24.0 Å². The maximum atomic E-state index is 13.9. The Morgan fingerprint density at radius 2 is 1.67 bits per heavy atom. The first-order valence-electron chi connectivity index (χ1n) is 8.86. The monoisotopic (exact) mass is 326 g/mol. The highest BCUT2D eigenvalue weighted by Gasteiger charge is 2.18. The van der Waals surface area contributed by atoms with Crippen LogP contribution in [0.3, 0.4) is 0 Å². The number of ketones is 2. The van der Waals surface area contributed by atoms with Crippen molar-refractivity contribution in [3.05, 3.63) is 58.4 Å². The fourth-order valence-corrected chi connectivity index (χ4v) is 3.49. The van der Waals surface area contributed by atoms with Crippen LogP contribution in [0.4, 0.5) is 4.39 Å². The smallest absolute Gasteiger partial charge is 0.163 e. The van der Waals surface area contributed by atoms with Crippen molar-refractivity contribution in [3.8, 4) is 0 Å². The van der Waals surface area contributed by atoms with Crippen LogP contribution in [0.15, 0.2) is 41.8 Å². The van der Waals surface area contributed by atoms with Gasteiger partial charge in [0.1, 0.15) is 5.83 Å². The largest absolute Gasteiger partial charge is 0.294 e. The second-order valence-electron chi connectivity index (χ2n) is 6.63. The van der Waals surface area contributed by atoms with Gasteiger partial charge in [0.25, 0.3) is 0 Å². The molecule has 0 saturated heterocycles. The number of carbonyl (C=O) groups excluding carboxylic acids is 2. The maximum Gasteiger partial charge on any atom is 0.163 e. The van der Waals surface area contributed by atoms with Crippen LogP contribution in [0, 0.1) is 0 Å². The van der Waals surface area contributed by atoms with E-state index < -0.39 is 0 Å². The summed E-state index contributed by atoms with van der Waals surface area (Å²) in [5.41, 5.74) is 3.54. The normalized spacial score (nSPS) is 17.4. The molecule has 1 aromatic carbocycles. The summed E-state index contributed by atoms with van der Waals surface area (Å²) in [6, 6.07) is 5.89. The van der Waals surface area contributed by atoms with E-state index in [1.54, 1.807) is 0 Å². The predicted molar refractivity (Wildman–Crippen MR) is 92.8 cm³/mol. The van der Waals surface area contributed by atoms with Gasteiger partial charge < -0.3 is 0 Å². The molecule has 0 radical (unpaired) electrons. The molecule has 0 aromatic heterocycles. The van der Waals surface area contributed by atoms with Crippen LogP contribution < -0.4 is 0 Å². The lowest BCUT2D eigenvalue weighted by molar-refractivity contribution is -0.115. The highest BCUT2D eigenvalue weighted by atomic mass is 19.1. The minimum Gasteiger partial charge on any atom is -0.294 e. The van der Waals surface area contributed by atoms with E-state index >= 15 is 0 Å². The zero-order valence-corrected chi connectivity index (χ0v) is 13.9. The van der Waals surface area contributed by atoms with Gasteiger partial charge in [-0.2, -0.15) is 0 Å². The molecular formula is C21H23FO2. The number of aryl methyl sites for hydroxylation is 2. The van der Waals surface area contributed by atoms with E-state index in [9.17, 15) is 14.0 Å². The predicted octanol–water partition coefficient (Wildman–Crippen LogP) is 5.06. The zero-order valence-electron chi connectivity index (χ0n) is 13.9. The Hall–Kier alpha value is -2.03. The Labute approximate surface area is 142 Å². The molecule has 24 heavy (non-hydrogen) atoms. The van der Waals surface area contributed by atoms with Crippen LogP contribution in [-0.4, -0.2) is 11.6 Å². The Morgan fingerprint density at radius 3 is 2.50 bits per heavy atom. The number of benzene rings is 1. The van der Waals surface area contributed by atoms with Gasteiger partial charge in [-0.15, -0.1) is 0 Å². The summed E-state index contributed by atoms with van der Waals surface area (Å²) in [5.74, 6) is -0.571. The molecule has 0 heterocycles. The summed E-state index contributed by atoms with van der Waals surface area (Å²) in [6.07, 6.45) is 9.75. The SMILES string of the molecule is O=C(CCC(=O)c1ccc2c(c1)CCCC2)C1=C(F)CCC=CC1. The average Bonchev–Trinajstić information content (AvgIpc) is 2.83. The molecule has 2 aliphatic rings. The van der Waals surface area contributed by atoms with Crippen molar-refractivity contribution in [1.82, 2.24) is 0 Å². The van der Waals surface area contributed by atoms with E-state index in [0.29, 0.717) is 18.4 Å². The summed E-state index contributed by atoms with van der Waals surface area (Å²) in [7, 11) is 0. The molecule has 2 nitrogen and oxygen atoms in total. The molecule has 0 bridgehead atoms. The third-order valence-electron chi connectivity index (χ3n) is 4.93. The fourth-order valence-electron chi connectivity index (χ4n) is 3.49. The number of carbonyl (C=O) groups is 2. The molecule has 126 valence electrons. The van der Waals surface area contributed by atoms with Gasteiger partial charge in [-0.25, -0.2) is 4.39 Å². The van der Waals surface area contributed by atoms with Gasteiger partial charge >= 0.3 is 0 Å². The summed E-state index contributed by atoms with van der Waals surface area (Å²) in [5, 5.41) is 0. The molecular weight excluding hydrogens is 303 g/mol. The van der Waals surface area contributed by atoms with Crippen molar-refractivity contribution >= 4 is 11.6 Å². The van der Waals surface area contributed by atoms with Crippen molar-refractivity contribution in [2.75, 3.05) is 0 Å². The van der Waals surface area contributed by atoms with Crippen LogP contribution in [0.5, 0.6) is 0 Å². The van der Waals surface area contributed by atoms with E-state index in [1.807, 2.05) is 30.4 Å². The summed E-state index contributed by atoms with van der Waals surface area (Å²) < 4.78 is 13.9. The molecule has 0 unspecified atom stereocenters. The van der Waals surface area contributed by atoms with Crippen molar-refractivity contribution in [3.63, 3.8) is 0 Å². The average molecular weight is 326 g/mol. The van der Waals surface area contributed by atoms with Crippen molar-refractivity contribution in [2.24, 2.45) is 0 Å². The quantitative estimate of drug-likeness (QED) is 0.560. The van der Waals surface area contributed by atoms with E-state index in [4.69, 9.17) is 0 Å². The van der Waals surface area contributed by atoms with Gasteiger partial charge in [-0.05, 0) is 55.7 Å². The number of hydrogen-bond donors (Lipinski definition) is 0. The number of Topliss-reactive ketones (excluding diaryl/α,β-unsaturated/α-hetero) is 2. The summed E-state index contributed by atoms with van der Waals surface area (Å²) >= 11 is 0. The molecule has 0 saturated carbocycles. The van der Waals surface area contributed by atoms with E-state index in [2.05, 4.69) is 0 Å². The Kier molecular flexibility index (Phi) is 5.39. The van der Waals surface area contributed by atoms with Gasteiger partial charge in [-0.1, -0.05) is 24.3 Å². The lowest BCUT2D eigenvalue weighted by Crippen LogP contribution is -2.10. The Morgan fingerprint density at radius 1 is 0.917 bits per heavy atom. The minimum atomic E-state index is -0.314. The van der Waals surface area contributed by atoms with Crippen molar-refractivity contribution in [1.29, 1.82) is 0 Å². The molecule has 0 spiro atoms. The molecule has 0 amide bonds. The highest BCUT2D eigenvalue weighted by Crippen LogP contribution is 2.25. The molecule has 2 aliphatic carbocycles. The number of hydrogen-bond acceptors (Lipinski definition) is 2. The summed E-state index contributed by atoms with van der Waals surface area (Å²) in [6.45, 7) is 0. The highest BCUT2D eigenvalue weighted by molar-refractivity contribution is 6.02. The second kappa shape index (κ2) is 7.69. The van der Waals surface area contributed by atoms with Gasteiger partial charge in [0, 0.05) is 30.4 Å². The molecule has 3 rings (SSSR count). The van der Waals surface area contributed by atoms with Gasteiger partial charge in [0.05, 0.1) is 0 Å². The van der Waals surface area contributed by atoms with Gasteiger partial charge in [0.2, 0.25) is 0 Å². The molecule has 0 N–H and O–H groups in total. The molecule has 0 aliphatic heterocycles. The first-order chi connectivity index (χ1) is 11.6. The standard InChI is InChI=1S/C21H23FO2/c22-19-9-3-1-2-8-18(19)21(24)13-12-20(23)17-11-10-15-6-4-5-7-16(15)14-17/h1-2,10-11,14H,3-9,12-13H2. The molecule has 0 fully saturated rings. The zero-order chi connectivity index (χ0) is 16.9. The van der Waals surface area contributed by atoms with Crippen LogP contribution >= 0.6 is 0 Å². The summed E-state index contributed by atoms with van der Waals surface area (Å²) in [4.78, 5) is 24.6. The van der Waals surface area contributed by atoms with Crippen LogP contribution in [0.1, 0.15) is 66.4 Å². The van der Waals surface area contributed by atoms with E-state index in [0.717, 1.165) is 12.8 Å². The van der Waals surface area contributed by atoms with Crippen molar-refractivity contribution in [2.45, 2.75) is 57.8 Å². The minimum absolute atomic E-state index is 0.0260. The van der Waals surface area contributed by atoms with Gasteiger partial charge in [0.15, 0.2) is 11.6 Å². The Balaban J connectivity index is 1.63. The van der Waals surface area contributed by atoms with Crippen LogP contribution in [0.25, 0.3) is 0 Å².